The van der Waals surface area contributed by atoms with Crippen LogP contribution in [0.3, 0.4) is 0 Å². The van der Waals surface area contributed by atoms with Crippen molar-refractivity contribution in [3.63, 3.8) is 0 Å². The Morgan fingerprint density at radius 3 is 2.20 bits per heavy atom. The number of rotatable bonds is 12. The van der Waals surface area contributed by atoms with Gasteiger partial charge in [0.25, 0.3) is 0 Å². The highest BCUT2D eigenvalue weighted by Gasteiger charge is 2.29. The number of hydrogen-bond acceptors (Lipinski definition) is 4. The third-order valence-electron chi connectivity index (χ3n) is 6.08. The number of carboxylic acid groups (broad SMARTS) is 1. The molecule has 1 aliphatic carbocycles. The number of aliphatic carboxylic acids is 1. The second-order valence-corrected chi connectivity index (χ2v) is 9.04. The van der Waals surface area contributed by atoms with Crippen LogP contribution in [0.2, 0.25) is 0 Å². The van der Waals surface area contributed by atoms with Gasteiger partial charge >= 0.3 is 12.1 Å². The van der Waals surface area contributed by atoms with Crippen LogP contribution in [-0.4, -0.2) is 42.3 Å². The minimum atomic E-state index is -0.817. The summed E-state index contributed by atoms with van der Waals surface area (Å²) in [7, 11) is 0. The van der Waals surface area contributed by atoms with Crippen LogP contribution in [-0.2, 0) is 14.3 Å². The molecular weight excluding hydrogens is 444 g/mol. The highest BCUT2D eigenvalue weighted by atomic mass is 16.5. The third kappa shape index (κ3) is 7.44. The van der Waals surface area contributed by atoms with Crippen molar-refractivity contribution in [1.29, 1.82) is 0 Å². The largest absolute Gasteiger partial charge is 0.481 e. The molecule has 0 saturated carbocycles. The number of carbonyl (C=O) groups is 3. The summed E-state index contributed by atoms with van der Waals surface area (Å²) in [6, 6.07) is 15.5. The number of carboxylic acids is 1. The molecule has 2 amide bonds. The molecule has 0 spiro atoms. The van der Waals surface area contributed by atoms with Crippen molar-refractivity contribution >= 4 is 18.0 Å². The summed E-state index contributed by atoms with van der Waals surface area (Å²) < 4.78 is 5.60. The second-order valence-electron chi connectivity index (χ2n) is 9.04. The number of carbonyl (C=O) groups excluding carboxylic acids is 2. The molecule has 35 heavy (non-hydrogen) atoms. The zero-order valence-corrected chi connectivity index (χ0v) is 20.4. The summed E-state index contributed by atoms with van der Waals surface area (Å²) >= 11 is 0. The van der Waals surface area contributed by atoms with Gasteiger partial charge in [0.2, 0.25) is 5.91 Å². The second kappa shape index (κ2) is 12.7. The van der Waals surface area contributed by atoms with E-state index in [9.17, 15) is 14.4 Å². The van der Waals surface area contributed by atoms with E-state index in [0.717, 1.165) is 27.8 Å². The van der Waals surface area contributed by atoms with Crippen molar-refractivity contribution < 1.29 is 24.2 Å². The van der Waals surface area contributed by atoms with Crippen LogP contribution >= 0.6 is 0 Å². The van der Waals surface area contributed by atoms with Crippen LogP contribution in [0.5, 0.6) is 0 Å². The highest BCUT2D eigenvalue weighted by Crippen LogP contribution is 2.44. The molecule has 0 radical (unpaired) electrons. The average molecular weight is 479 g/mol. The molecule has 7 nitrogen and oxygen atoms in total. The first-order valence-electron chi connectivity index (χ1n) is 12.1. The maximum atomic E-state index is 12.7. The molecule has 0 fully saturated rings. The normalized spacial score (nSPS) is 12.7. The first-order chi connectivity index (χ1) is 16.9. The van der Waals surface area contributed by atoms with Crippen molar-refractivity contribution in [2.45, 2.75) is 57.9 Å². The zero-order valence-electron chi connectivity index (χ0n) is 20.4. The predicted octanol–water partition coefficient (Wildman–Crippen LogP) is 5.01. The number of amides is 2. The van der Waals surface area contributed by atoms with E-state index in [-0.39, 0.29) is 24.9 Å². The highest BCUT2D eigenvalue weighted by molar-refractivity contribution is 5.86. The molecule has 1 atom stereocenters. The summed E-state index contributed by atoms with van der Waals surface area (Å²) in [4.78, 5) is 36.0. The van der Waals surface area contributed by atoms with Gasteiger partial charge in [0, 0.05) is 18.9 Å². The summed E-state index contributed by atoms with van der Waals surface area (Å²) in [6.07, 6.45) is 3.73. The van der Waals surface area contributed by atoms with Gasteiger partial charge in [-0.25, -0.2) is 4.79 Å². The van der Waals surface area contributed by atoms with Crippen LogP contribution in [0.4, 0.5) is 4.79 Å². The number of unbranched alkanes of at least 4 members (excludes halogenated alkanes) is 2. The molecule has 0 aliphatic heterocycles. The van der Waals surface area contributed by atoms with E-state index in [1.807, 2.05) is 44.2 Å². The minimum Gasteiger partial charge on any atom is -0.481 e. The number of nitrogens with one attached hydrogen (secondary N) is 2. The van der Waals surface area contributed by atoms with Crippen molar-refractivity contribution in [3.05, 3.63) is 71.3 Å². The Morgan fingerprint density at radius 1 is 0.971 bits per heavy atom. The minimum absolute atomic E-state index is 0.0518. The van der Waals surface area contributed by atoms with Crippen molar-refractivity contribution in [1.82, 2.24) is 10.6 Å². The summed E-state index contributed by atoms with van der Waals surface area (Å²) in [6.45, 7) is 4.48. The molecule has 3 rings (SSSR count). The molecule has 0 saturated heterocycles. The van der Waals surface area contributed by atoms with Gasteiger partial charge in [0.1, 0.15) is 12.6 Å². The molecule has 7 heteroatoms. The number of fused-ring (bicyclic) bond motifs is 3. The van der Waals surface area contributed by atoms with Crippen LogP contribution < -0.4 is 10.6 Å². The molecule has 0 aromatic heterocycles. The van der Waals surface area contributed by atoms with Gasteiger partial charge in [-0.3, -0.25) is 9.59 Å². The Labute approximate surface area is 206 Å². The number of benzene rings is 2. The lowest BCUT2D eigenvalue weighted by molar-refractivity contribution is -0.137. The van der Waals surface area contributed by atoms with Gasteiger partial charge in [-0.15, -0.1) is 0 Å². The van der Waals surface area contributed by atoms with Crippen molar-refractivity contribution in [2.75, 3.05) is 13.2 Å². The lowest BCUT2D eigenvalue weighted by Gasteiger charge is -2.19. The van der Waals surface area contributed by atoms with Crippen LogP contribution in [0.15, 0.2) is 60.2 Å². The van der Waals surface area contributed by atoms with Gasteiger partial charge in [-0.05, 0) is 55.4 Å². The SMILES string of the molecule is CC(C)=CCC(NC(=O)OCC1c2ccccc2-c2ccccc21)C(=O)NCCCCCC(=O)O. The lowest BCUT2D eigenvalue weighted by atomic mass is 9.98. The van der Waals surface area contributed by atoms with Gasteiger partial charge in [-0.1, -0.05) is 66.6 Å². The monoisotopic (exact) mass is 478 g/mol. The van der Waals surface area contributed by atoms with Crippen molar-refractivity contribution in [2.24, 2.45) is 0 Å². The number of alkyl carbamates (subject to hydrolysis) is 1. The van der Waals surface area contributed by atoms with E-state index in [2.05, 4.69) is 34.9 Å². The van der Waals surface area contributed by atoms with Gasteiger partial charge in [-0.2, -0.15) is 0 Å². The lowest BCUT2D eigenvalue weighted by Crippen LogP contribution is -2.47. The van der Waals surface area contributed by atoms with E-state index in [1.54, 1.807) is 0 Å². The third-order valence-corrected chi connectivity index (χ3v) is 6.08. The number of ether oxygens (including phenoxy) is 1. The first-order valence-corrected chi connectivity index (χ1v) is 12.1. The molecule has 1 aliphatic rings. The molecule has 3 N–H and O–H groups in total. The topological polar surface area (TPSA) is 105 Å². The molecule has 186 valence electrons. The van der Waals surface area contributed by atoms with E-state index < -0.39 is 18.1 Å². The first kappa shape index (κ1) is 26.0. The summed E-state index contributed by atoms with van der Waals surface area (Å²) in [5.74, 6) is -1.15. The maximum absolute atomic E-state index is 12.7. The summed E-state index contributed by atoms with van der Waals surface area (Å²) in [5.41, 5.74) is 5.61. The zero-order chi connectivity index (χ0) is 25.2. The van der Waals surface area contributed by atoms with Crippen molar-refractivity contribution in [3.8, 4) is 11.1 Å². The Balaban J connectivity index is 1.55. The molecule has 2 aromatic carbocycles. The Hall–Kier alpha value is -3.61. The fraction of sp³-hybridized carbons (Fsp3) is 0.393. The fourth-order valence-electron chi connectivity index (χ4n) is 4.28. The molecule has 0 heterocycles. The molecular formula is C28H34N2O5. The van der Waals surface area contributed by atoms with E-state index in [1.165, 1.54) is 0 Å². The number of allylic oxidation sites excluding steroid dienone is 1. The van der Waals surface area contributed by atoms with E-state index >= 15 is 0 Å². The number of hydrogen-bond donors (Lipinski definition) is 3. The molecule has 1 unspecified atom stereocenters. The molecule has 0 bridgehead atoms. The Morgan fingerprint density at radius 2 is 1.60 bits per heavy atom. The van der Waals surface area contributed by atoms with Crippen LogP contribution in [0, 0.1) is 0 Å². The smallest absolute Gasteiger partial charge is 0.407 e. The predicted molar refractivity (Wildman–Crippen MR) is 135 cm³/mol. The summed E-state index contributed by atoms with van der Waals surface area (Å²) in [5, 5.41) is 14.3. The Bertz CT molecular complexity index is 1030. The van der Waals surface area contributed by atoms with Crippen LogP contribution in [0.1, 0.15) is 63.0 Å². The van der Waals surface area contributed by atoms with E-state index in [4.69, 9.17) is 9.84 Å². The van der Waals surface area contributed by atoms with Gasteiger partial charge < -0.3 is 20.5 Å². The van der Waals surface area contributed by atoms with Gasteiger partial charge in [0.15, 0.2) is 0 Å². The maximum Gasteiger partial charge on any atom is 0.407 e. The standard InChI is InChI=1S/C28H34N2O5/c1-19(2)15-16-25(27(33)29-17-9-3-4-14-26(31)32)30-28(34)35-18-24-22-12-7-5-10-20(22)21-11-6-8-13-23(21)24/h5-8,10-13,15,24-25H,3-4,9,14,16-18H2,1-2H3,(H,29,33)(H,30,34)(H,31,32). The molecule has 2 aromatic rings. The Kier molecular flexibility index (Phi) is 9.47. The van der Waals surface area contributed by atoms with Gasteiger partial charge in [0.05, 0.1) is 0 Å². The van der Waals surface area contributed by atoms with E-state index in [0.29, 0.717) is 32.2 Å². The quantitative estimate of drug-likeness (QED) is 0.294. The fourth-order valence-corrected chi connectivity index (χ4v) is 4.28. The van der Waals surface area contributed by atoms with Crippen LogP contribution in [0.25, 0.3) is 11.1 Å². The average Bonchev–Trinajstić information content (AvgIpc) is 3.16.